The number of pyridine rings is 2. The predicted molar refractivity (Wildman–Crippen MR) is 64.1 cm³/mol. The number of H-pyrrole nitrogens is 1. The summed E-state index contributed by atoms with van der Waals surface area (Å²) in [6, 6.07) is 3.83. The lowest BCUT2D eigenvalue weighted by atomic mass is 10.3. The second-order valence-corrected chi connectivity index (χ2v) is 4.58. The molecule has 0 fully saturated rings. The largest absolute Gasteiger partial charge is 0.338 e. The molecular weight excluding hydrogens is 277 g/mol. The molecule has 0 spiro atoms. The second kappa shape index (κ2) is 3.18. The minimum atomic E-state index is 0.619. The molecule has 0 aliphatic rings. The summed E-state index contributed by atoms with van der Waals surface area (Å²) in [5, 5.41) is 1.57. The van der Waals surface area contributed by atoms with Crippen molar-refractivity contribution >= 4 is 49.6 Å². The van der Waals surface area contributed by atoms with Crippen LogP contribution < -0.4 is 0 Å². The standard InChI is InChI=1S/C10H5BrClN3/c11-5-1-8-9(13-3-5)7-2-6(12)4-14-10(7)15-8/h1-4H,(H,14,15). The fourth-order valence-corrected chi connectivity index (χ4v) is 2.09. The average Bonchev–Trinajstić information content (AvgIpc) is 2.54. The van der Waals surface area contributed by atoms with Gasteiger partial charge in [-0.2, -0.15) is 0 Å². The molecule has 0 bridgehead atoms. The van der Waals surface area contributed by atoms with Gasteiger partial charge in [0.1, 0.15) is 5.65 Å². The lowest BCUT2D eigenvalue weighted by molar-refractivity contribution is 1.34. The van der Waals surface area contributed by atoms with E-state index in [2.05, 4.69) is 30.9 Å². The molecule has 3 aromatic rings. The van der Waals surface area contributed by atoms with Gasteiger partial charge in [-0.3, -0.25) is 4.98 Å². The highest BCUT2D eigenvalue weighted by Gasteiger charge is 2.06. The number of nitrogens with zero attached hydrogens (tertiary/aromatic N) is 2. The van der Waals surface area contributed by atoms with E-state index in [0.29, 0.717) is 5.02 Å². The van der Waals surface area contributed by atoms with Crippen molar-refractivity contribution in [2.24, 2.45) is 0 Å². The fourth-order valence-electron chi connectivity index (χ4n) is 1.60. The SMILES string of the molecule is Clc1cnc2[nH]c3cc(Br)cnc3c2c1. The van der Waals surface area contributed by atoms with E-state index in [1.54, 1.807) is 12.4 Å². The minimum Gasteiger partial charge on any atom is -0.338 e. The van der Waals surface area contributed by atoms with Crippen molar-refractivity contribution in [3.05, 3.63) is 34.0 Å². The number of fused-ring (bicyclic) bond motifs is 3. The third-order valence-corrected chi connectivity index (χ3v) is 2.86. The van der Waals surface area contributed by atoms with Crippen molar-refractivity contribution in [3.8, 4) is 0 Å². The molecule has 3 heterocycles. The maximum atomic E-state index is 5.89. The van der Waals surface area contributed by atoms with Crippen molar-refractivity contribution in [3.63, 3.8) is 0 Å². The molecule has 15 heavy (non-hydrogen) atoms. The minimum absolute atomic E-state index is 0.619. The van der Waals surface area contributed by atoms with Gasteiger partial charge in [-0.05, 0) is 28.1 Å². The van der Waals surface area contributed by atoms with Crippen molar-refractivity contribution in [1.29, 1.82) is 0 Å². The summed E-state index contributed by atoms with van der Waals surface area (Å²) >= 11 is 9.27. The summed E-state index contributed by atoms with van der Waals surface area (Å²) in [4.78, 5) is 11.7. The Kier molecular flexibility index (Phi) is 1.94. The molecule has 0 atom stereocenters. The van der Waals surface area contributed by atoms with Gasteiger partial charge in [0.15, 0.2) is 0 Å². The first-order valence-electron chi connectivity index (χ1n) is 4.32. The predicted octanol–water partition coefficient (Wildman–Crippen LogP) is 3.53. The van der Waals surface area contributed by atoms with Crippen molar-refractivity contribution in [2.75, 3.05) is 0 Å². The fraction of sp³-hybridized carbons (Fsp3) is 0. The van der Waals surface area contributed by atoms with E-state index in [1.165, 1.54) is 0 Å². The normalized spacial score (nSPS) is 11.3. The zero-order chi connectivity index (χ0) is 10.4. The summed E-state index contributed by atoms with van der Waals surface area (Å²) in [7, 11) is 0. The Morgan fingerprint density at radius 3 is 2.93 bits per heavy atom. The summed E-state index contributed by atoms with van der Waals surface area (Å²) in [6.07, 6.45) is 3.38. The van der Waals surface area contributed by atoms with E-state index >= 15 is 0 Å². The molecule has 0 aliphatic heterocycles. The van der Waals surface area contributed by atoms with Crippen LogP contribution in [0.1, 0.15) is 0 Å². The van der Waals surface area contributed by atoms with Crippen LogP contribution in [0.15, 0.2) is 29.0 Å². The number of aromatic amines is 1. The summed E-state index contributed by atoms with van der Waals surface area (Å²) in [5.41, 5.74) is 2.65. The summed E-state index contributed by atoms with van der Waals surface area (Å²) < 4.78 is 0.938. The van der Waals surface area contributed by atoms with E-state index in [4.69, 9.17) is 11.6 Å². The van der Waals surface area contributed by atoms with Gasteiger partial charge in [0.25, 0.3) is 0 Å². The second-order valence-electron chi connectivity index (χ2n) is 3.22. The van der Waals surface area contributed by atoms with Gasteiger partial charge >= 0.3 is 0 Å². The van der Waals surface area contributed by atoms with Gasteiger partial charge in [0.05, 0.1) is 16.1 Å². The molecule has 1 N–H and O–H groups in total. The first-order valence-corrected chi connectivity index (χ1v) is 5.49. The Morgan fingerprint density at radius 1 is 1.20 bits per heavy atom. The van der Waals surface area contributed by atoms with E-state index < -0.39 is 0 Å². The van der Waals surface area contributed by atoms with Crippen LogP contribution in [0.25, 0.3) is 22.1 Å². The van der Waals surface area contributed by atoms with Crippen LogP contribution in [0.3, 0.4) is 0 Å². The maximum Gasteiger partial charge on any atom is 0.140 e. The van der Waals surface area contributed by atoms with Gasteiger partial charge < -0.3 is 4.98 Å². The zero-order valence-electron chi connectivity index (χ0n) is 7.46. The van der Waals surface area contributed by atoms with E-state index in [9.17, 15) is 0 Å². The molecule has 3 nitrogen and oxygen atoms in total. The van der Waals surface area contributed by atoms with Gasteiger partial charge in [0, 0.05) is 22.3 Å². The van der Waals surface area contributed by atoms with Crippen LogP contribution in [-0.4, -0.2) is 15.0 Å². The quantitative estimate of drug-likeness (QED) is 0.685. The Balaban J connectivity index is 2.53. The van der Waals surface area contributed by atoms with Crippen LogP contribution in [0.2, 0.25) is 5.02 Å². The molecule has 0 aliphatic carbocycles. The van der Waals surface area contributed by atoms with Gasteiger partial charge in [-0.1, -0.05) is 11.6 Å². The lowest BCUT2D eigenvalue weighted by Gasteiger charge is -1.91. The highest BCUT2D eigenvalue weighted by molar-refractivity contribution is 9.10. The van der Waals surface area contributed by atoms with Crippen LogP contribution in [0, 0.1) is 0 Å². The molecule has 0 radical (unpaired) electrons. The van der Waals surface area contributed by atoms with Gasteiger partial charge in [-0.25, -0.2) is 4.98 Å². The topological polar surface area (TPSA) is 41.6 Å². The first kappa shape index (κ1) is 9.12. The molecule has 3 rings (SSSR count). The smallest absolute Gasteiger partial charge is 0.140 e. The van der Waals surface area contributed by atoms with E-state index in [-0.39, 0.29) is 0 Å². The van der Waals surface area contributed by atoms with Crippen LogP contribution in [0.4, 0.5) is 0 Å². The number of rotatable bonds is 0. The van der Waals surface area contributed by atoms with E-state index in [1.807, 2.05) is 12.1 Å². The number of halogens is 2. The van der Waals surface area contributed by atoms with Gasteiger partial charge in [-0.15, -0.1) is 0 Å². The van der Waals surface area contributed by atoms with Crippen molar-refractivity contribution in [2.45, 2.75) is 0 Å². The van der Waals surface area contributed by atoms with Crippen LogP contribution in [-0.2, 0) is 0 Å². The number of aromatic nitrogens is 3. The Labute approximate surface area is 98.6 Å². The molecule has 0 saturated carbocycles. The highest BCUT2D eigenvalue weighted by Crippen LogP contribution is 2.26. The van der Waals surface area contributed by atoms with Crippen LogP contribution in [0.5, 0.6) is 0 Å². The Morgan fingerprint density at radius 2 is 2.07 bits per heavy atom. The maximum absolute atomic E-state index is 5.89. The Hall–Kier alpha value is -1.13. The average molecular weight is 283 g/mol. The van der Waals surface area contributed by atoms with Crippen LogP contribution >= 0.6 is 27.5 Å². The first-order chi connectivity index (χ1) is 7.24. The third kappa shape index (κ3) is 1.41. The molecule has 0 saturated heterocycles. The molecular formula is C10H5BrClN3. The number of nitrogens with one attached hydrogen (secondary N) is 1. The highest BCUT2D eigenvalue weighted by atomic mass is 79.9. The Bertz CT molecular complexity index is 662. The lowest BCUT2D eigenvalue weighted by Crippen LogP contribution is -1.75. The molecule has 74 valence electrons. The molecule has 0 amide bonds. The molecule has 0 unspecified atom stereocenters. The third-order valence-electron chi connectivity index (χ3n) is 2.22. The summed E-state index contributed by atoms with van der Waals surface area (Å²) in [6.45, 7) is 0. The number of hydrogen-bond acceptors (Lipinski definition) is 2. The number of hydrogen-bond donors (Lipinski definition) is 1. The van der Waals surface area contributed by atoms with Gasteiger partial charge in [0.2, 0.25) is 0 Å². The van der Waals surface area contributed by atoms with E-state index in [0.717, 1.165) is 26.5 Å². The molecule has 0 aromatic carbocycles. The summed E-state index contributed by atoms with van der Waals surface area (Å²) in [5.74, 6) is 0. The molecule has 3 aromatic heterocycles. The zero-order valence-corrected chi connectivity index (χ0v) is 9.80. The molecule has 5 heteroatoms. The monoisotopic (exact) mass is 281 g/mol. The van der Waals surface area contributed by atoms with Crippen molar-refractivity contribution in [1.82, 2.24) is 15.0 Å². The van der Waals surface area contributed by atoms with Crippen molar-refractivity contribution < 1.29 is 0 Å².